The van der Waals surface area contributed by atoms with E-state index in [1.54, 1.807) is 6.92 Å². The lowest BCUT2D eigenvalue weighted by Gasteiger charge is -2.24. The fourth-order valence-corrected chi connectivity index (χ4v) is 2.34. The average molecular weight is 246 g/mol. The van der Waals surface area contributed by atoms with Crippen LogP contribution >= 0.6 is 0 Å². The minimum Gasteiger partial charge on any atom is -0.300 e. The predicted octanol–water partition coefficient (Wildman–Crippen LogP) is 4.77. The number of benzene rings is 1. The first-order valence-corrected chi connectivity index (χ1v) is 6.82. The van der Waals surface area contributed by atoms with Crippen molar-refractivity contribution < 1.29 is 4.79 Å². The molecule has 0 saturated carbocycles. The van der Waals surface area contributed by atoms with Gasteiger partial charge in [0.05, 0.1) is 0 Å². The van der Waals surface area contributed by atoms with E-state index in [9.17, 15) is 4.79 Å². The van der Waals surface area contributed by atoms with E-state index in [1.807, 2.05) is 0 Å². The van der Waals surface area contributed by atoms with E-state index in [4.69, 9.17) is 0 Å². The molecule has 0 aromatic heterocycles. The summed E-state index contributed by atoms with van der Waals surface area (Å²) in [6.07, 6.45) is 1.63. The van der Waals surface area contributed by atoms with Crippen molar-refractivity contribution >= 4 is 5.78 Å². The van der Waals surface area contributed by atoms with E-state index in [-0.39, 0.29) is 11.2 Å². The second-order valence-electron chi connectivity index (χ2n) is 6.47. The van der Waals surface area contributed by atoms with Crippen LogP contribution in [0.5, 0.6) is 0 Å². The molecule has 0 aliphatic carbocycles. The Morgan fingerprint density at radius 2 is 1.89 bits per heavy atom. The largest absolute Gasteiger partial charge is 0.300 e. The Bertz CT molecular complexity index is 424. The molecule has 0 fully saturated rings. The fraction of sp³-hybridized carbons (Fsp3) is 0.588. The molecule has 0 amide bonds. The molecule has 1 unspecified atom stereocenters. The Labute approximate surface area is 112 Å². The molecule has 1 atom stereocenters. The third kappa shape index (κ3) is 3.97. The van der Waals surface area contributed by atoms with Crippen LogP contribution < -0.4 is 0 Å². The van der Waals surface area contributed by atoms with Gasteiger partial charge < -0.3 is 4.79 Å². The predicted molar refractivity (Wildman–Crippen MR) is 78.2 cm³/mol. The van der Waals surface area contributed by atoms with Crippen LogP contribution in [0.25, 0.3) is 0 Å². The summed E-state index contributed by atoms with van der Waals surface area (Å²) >= 11 is 0. The molecule has 1 nitrogen and oxygen atoms in total. The lowest BCUT2D eigenvalue weighted by atomic mass is 9.81. The second kappa shape index (κ2) is 5.69. The van der Waals surface area contributed by atoms with Gasteiger partial charge in [-0.05, 0) is 48.3 Å². The molecule has 1 aromatic carbocycles. The maximum atomic E-state index is 11.1. The van der Waals surface area contributed by atoms with Gasteiger partial charge in [-0.1, -0.05) is 45.9 Å². The standard InChI is InChI=1S/C17H26O/c1-12(7-9-14(3)18)15-10-8-13(2)16(11-15)17(4,5)6/h8,10-12H,7,9H2,1-6H3. The third-order valence-corrected chi connectivity index (χ3v) is 3.57. The first-order chi connectivity index (χ1) is 8.21. The zero-order chi connectivity index (χ0) is 13.9. The molecule has 1 aromatic rings. The molecule has 0 bridgehead atoms. The number of hydrogen-bond donors (Lipinski definition) is 0. The Kier molecular flexibility index (Phi) is 4.72. The number of carbonyl (C=O) groups excluding carboxylic acids is 1. The van der Waals surface area contributed by atoms with Crippen molar-refractivity contribution in [3.63, 3.8) is 0 Å². The molecule has 0 spiro atoms. The molecular formula is C17H26O. The maximum Gasteiger partial charge on any atom is 0.129 e. The summed E-state index contributed by atoms with van der Waals surface area (Å²) in [5, 5.41) is 0. The monoisotopic (exact) mass is 246 g/mol. The highest BCUT2D eigenvalue weighted by Crippen LogP contribution is 2.30. The summed E-state index contributed by atoms with van der Waals surface area (Å²) in [6.45, 7) is 12.8. The zero-order valence-electron chi connectivity index (χ0n) is 12.6. The molecule has 18 heavy (non-hydrogen) atoms. The molecule has 0 radical (unpaired) electrons. The van der Waals surface area contributed by atoms with E-state index in [1.165, 1.54) is 16.7 Å². The third-order valence-electron chi connectivity index (χ3n) is 3.57. The van der Waals surface area contributed by atoms with Crippen LogP contribution in [0.4, 0.5) is 0 Å². The zero-order valence-corrected chi connectivity index (χ0v) is 12.6. The van der Waals surface area contributed by atoms with Gasteiger partial charge >= 0.3 is 0 Å². The molecule has 0 aliphatic rings. The van der Waals surface area contributed by atoms with Crippen LogP contribution in [-0.2, 0) is 10.2 Å². The molecule has 0 aliphatic heterocycles. The van der Waals surface area contributed by atoms with E-state index in [2.05, 4.69) is 52.8 Å². The Balaban J connectivity index is 2.94. The number of Topliss-reactive ketones (excluding diaryl/α,β-unsaturated/α-hetero) is 1. The first kappa shape index (κ1) is 14.9. The van der Waals surface area contributed by atoms with Crippen molar-refractivity contribution in [3.8, 4) is 0 Å². The fourth-order valence-electron chi connectivity index (χ4n) is 2.34. The van der Waals surface area contributed by atoms with Gasteiger partial charge in [-0.25, -0.2) is 0 Å². The van der Waals surface area contributed by atoms with Crippen LogP contribution in [-0.4, -0.2) is 5.78 Å². The van der Waals surface area contributed by atoms with Gasteiger partial charge in [-0.3, -0.25) is 0 Å². The number of aryl methyl sites for hydroxylation is 1. The molecule has 1 heteroatoms. The van der Waals surface area contributed by atoms with Crippen molar-refractivity contribution in [2.24, 2.45) is 0 Å². The van der Waals surface area contributed by atoms with Gasteiger partial charge in [0.25, 0.3) is 0 Å². The highest BCUT2D eigenvalue weighted by atomic mass is 16.1. The Hall–Kier alpha value is -1.11. The highest BCUT2D eigenvalue weighted by molar-refractivity contribution is 5.75. The lowest BCUT2D eigenvalue weighted by Crippen LogP contribution is -2.14. The van der Waals surface area contributed by atoms with Gasteiger partial charge in [0.2, 0.25) is 0 Å². The average Bonchev–Trinajstić information content (AvgIpc) is 2.24. The Morgan fingerprint density at radius 3 is 2.39 bits per heavy atom. The molecule has 0 N–H and O–H groups in total. The Morgan fingerprint density at radius 1 is 1.28 bits per heavy atom. The molecule has 100 valence electrons. The van der Waals surface area contributed by atoms with Gasteiger partial charge in [0.15, 0.2) is 0 Å². The summed E-state index contributed by atoms with van der Waals surface area (Å²) in [4.78, 5) is 11.1. The molecule has 0 saturated heterocycles. The first-order valence-electron chi connectivity index (χ1n) is 6.82. The molecular weight excluding hydrogens is 220 g/mol. The van der Waals surface area contributed by atoms with Crippen LogP contribution in [0.2, 0.25) is 0 Å². The normalized spacial score (nSPS) is 13.4. The summed E-state index contributed by atoms with van der Waals surface area (Å²) in [5.41, 5.74) is 4.30. The quantitative estimate of drug-likeness (QED) is 0.748. The van der Waals surface area contributed by atoms with Gasteiger partial charge in [0.1, 0.15) is 5.78 Å². The van der Waals surface area contributed by atoms with Crippen LogP contribution in [0.1, 0.15) is 70.1 Å². The van der Waals surface area contributed by atoms with Gasteiger partial charge in [-0.2, -0.15) is 0 Å². The minimum atomic E-state index is 0.181. The van der Waals surface area contributed by atoms with Crippen LogP contribution in [0.3, 0.4) is 0 Å². The van der Waals surface area contributed by atoms with Crippen molar-refractivity contribution in [3.05, 3.63) is 34.9 Å². The van der Waals surface area contributed by atoms with E-state index in [0.29, 0.717) is 12.3 Å². The van der Waals surface area contributed by atoms with Gasteiger partial charge in [-0.15, -0.1) is 0 Å². The smallest absolute Gasteiger partial charge is 0.129 e. The summed E-state index contributed by atoms with van der Waals surface area (Å²) in [7, 11) is 0. The maximum absolute atomic E-state index is 11.1. The minimum absolute atomic E-state index is 0.181. The summed E-state index contributed by atoms with van der Waals surface area (Å²) < 4.78 is 0. The summed E-state index contributed by atoms with van der Waals surface area (Å²) in [6, 6.07) is 6.73. The van der Waals surface area contributed by atoms with E-state index in [0.717, 1.165) is 6.42 Å². The van der Waals surface area contributed by atoms with Gasteiger partial charge in [0, 0.05) is 6.42 Å². The number of hydrogen-bond acceptors (Lipinski definition) is 1. The number of rotatable bonds is 4. The van der Waals surface area contributed by atoms with E-state index < -0.39 is 0 Å². The topological polar surface area (TPSA) is 17.1 Å². The van der Waals surface area contributed by atoms with Crippen molar-refractivity contribution in [2.75, 3.05) is 0 Å². The van der Waals surface area contributed by atoms with Crippen molar-refractivity contribution in [1.82, 2.24) is 0 Å². The SMILES string of the molecule is CC(=O)CCC(C)c1ccc(C)c(C(C)(C)C)c1. The number of ketones is 1. The number of carbonyl (C=O) groups is 1. The van der Waals surface area contributed by atoms with E-state index >= 15 is 0 Å². The van der Waals surface area contributed by atoms with Crippen molar-refractivity contribution in [1.29, 1.82) is 0 Å². The summed E-state index contributed by atoms with van der Waals surface area (Å²) in [5.74, 6) is 0.737. The highest BCUT2D eigenvalue weighted by Gasteiger charge is 2.18. The van der Waals surface area contributed by atoms with Crippen LogP contribution in [0, 0.1) is 6.92 Å². The molecule has 0 heterocycles. The second-order valence-corrected chi connectivity index (χ2v) is 6.47. The van der Waals surface area contributed by atoms with Crippen molar-refractivity contribution in [2.45, 2.75) is 65.7 Å². The van der Waals surface area contributed by atoms with Crippen LogP contribution in [0.15, 0.2) is 18.2 Å². The lowest BCUT2D eigenvalue weighted by molar-refractivity contribution is -0.117. The molecule has 1 rings (SSSR count).